The van der Waals surface area contributed by atoms with Crippen LogP contribution in [0.15, 0.2) is 24.3 Å². The number of methoxy groups -OCH3 is 1. The Kier molecular flexibility index (Phi) is 6.15. The average molecular weight is 480 g/mol. The van der Waals surface area contributed by atoms with Crippen LogP contribution in [0.3, 0.4) is 0 Å². The van der Waals surface area contributed by atoms with Crippen molar-refractivity contribution in [3.63, 3.8) is 0 Å². The topological polar surface area (TPSA) is 109 Å². The number of carbonyl (C=O) groups excluding carboxylic acids is 4. The fraction of sp³-hybridized carbons (Fsp3) is 0.556. The molecular weight excluding hydrogens is 446 g/mol. The number of aromatic nitrogens is 1. The third-order valence-electron chi connectivity index (χ3n) is 8.11. The van der Waals surface area contributed by atoms with E-state index in [1.54, 1.807) is 25.0 Å². The highest BCUT2D eigenvalue weighted by Crippen LogP contribution is 2.55. The zero-order valence-electron chi connectivity index (χ0n) is 20.4. The maximum Gasteiger partial charge on any atom is 0.271 e. The molecule has 1 aromatic heterocycles. The lowest BCUT2D eigenvalue weighted by atomic mass is 9.93. The Morgan fingerprint density at radius 3 is 2.74 bits per heavy atom. The van der Waals surface area contributed by atoms with Gasteiger partial charge in [-0.3, -0.25) is 19.2 Å². The number of nitrogens with one attached hydrogen (secondary N) is 2. The molecular formula is C27H33N3O5. The standard InChI is InChI=1S/C27H33N3O5/c1-3-22(31)19(12-16-6-4-8-23(16)32)29-25(33)21-14-27(10-11-27)15-30(21)26(34)20-13-17-18(28-20)7-5-9-24(17)35-2/h5,7,9,13,16,19,21,28H,3-4,6,8,10-12,14-15H2,1-2H3,(H,29,33). The lowest BCUT2D eigenvalue weighted by Gasteiger charge is -2.26. The van der Waals surface area contributed by atoms with Crippen LogP contribution in [-0.4, -0.2) is 59.0 Å². The molecule has 1 aromatic carbocycles. The van der Waals surface area contributed by atoms with Crippen molar-refractivity contribution in [2.45, 2.75) is 70.4 Å². The number of hydrogen-bond donors (Lipinski definition) is 2. The van der Waals surface area contributed by atoms with Gasteiger partial charge in [-0.25, -0.2) is 0 Å². The van der Waals surface area contributed by atoms with E-state index in [0.717, 1.165) is 36.6 Å². The van der Waals surface area contributed by atoms with Gasteiger partial charge in [-0.1, -0.05) is 13.0 Å². The fourth-order valence-corrected chi connectivity index (χ4v) is 5.83. The molecule has 3 fully saturated rings. The van der Waals surface area contributed by atoms with Crippen molar-refractivity contribution in [3.8, 4) is 5.75 Å². The second-order valence-electron chi connectivity index (χ2n) is 10.4. The van der Waals surface area contributed by atoms with Gasteiger partial charge in [0.2, 0.25) is 5.91 Å². The van der Waals surface area contributed by atoms with Crippen molar-refractivity contribution in [2.24, 2.45) is 11.3 Å². The zero-order valence-corrected chi connectivity index (χ0v) is 20.4. The minimum absolute atomic E-state index is 0.00689. The van der Waals surface area contributed by atoms with Crippen LogP contribution >= 0.6 is 0 Å². The quantitative estimate of drug-likeness (QED) is 0.603. The van der Waals surface area contributed by atoms with Gasteiger partial charge in [-0.15, -0.1) is 0 Å². The van der Waals surface area contributed by atoms with Crippen LogP contribution in [0.25, 0.3) is 10.9 Å². The molecule has 0 bridgehead atoms. The number of likely N-dealkylation sites (tertiary alicyclic amines) is 1. The van der Waals surface area contributed by atoms with Gasteiger partial charge >= 0.3 is 0 Å². The molecule has 3 unspecified atom stereocenters. The van der Waals surface area contributed by atoms with Gasteiger partial charge in [0.1, 0.15) is 23.3 Å². The van der Waals surface area contributed by atoms with Crippen LogP contribution in [-0.2, 0) is 14.4 Å². The van der Waals surface area contributed by atoms with Crippen LogP contribution < -0.4 is 10.1 Å². The summed E-state index contributed by atoms with van der Waals surface area (Å²) in [7, 11) is 1.59. The highest BCUT2D eigenvalue weighted by molar-refractivity contribution is 6.02. The Balaban J connectivity index is 1.36. The van der Waals surface area contributed by atoms with Crippen molar-refractivity contribution < 1.29 is 23.9 Å². The number of nitrogens with zero attached hydrogens (tertiary/aromatic N) is 1. The van der Waals surface area contributed by atoms with Gasteiger partial charge in [0, 0.05) is 36.2 Å². The van der Waals surface area contributed by atoms with E-state index < -0.39 is 12.1 Å². The maximum atomic E-state index is 13.6. The summed E-state index contributed by atoms with van der Waals surface area (Å²) in [5, 5.41) is 3.75. The van der Waals surface area contributed by atoms with E-state index in [2.05, 4.69) is 10.3 Å². The highest BCUT2D eigenvalue weighted by Gasteiger charge is 2.55. The Morgan fingerprint density at radius 1 is 1.29 bits per heavy atom. The molecule has 1 spiro atoms. The number of ketones is 2. The normalized spacial score (nSPS) is 23.6. The van der Waals surface area contributed by atoms with E-state index in [9.17, 15) is 19.2 Å². The van der Waals surface area contributed by atoms with Crippen molar-refractivity contribution >= 4 is 34.3 Å². The van der Waals surface area contributed by atoms with Crippen molar-refractivity contribution in [1.29, 1.82) is 0 Å². The highest BCUT2D eigenvalue weighted by atomic mass is 16.5. The monoisotopic (exact) mass is 479 g/mol. The summed E-state index contributed by atoms with van der Waals surface area (Å²) in [6.45, 7) is 2.30. The lowest BCUT2D eigenvalue weighted by molar-refractivity contribution is -0.131. The molecule has 0 radical (unpaired) electrons. The lowest BCUT2D eigenvalue weighted by Crippen LogP contribution is -2.51. The van der Waals surface area contributed by atoms with Crippen LogP contribution in [0.2, 0.25) is 0 Å². The Bertz CT molecular complexity index is 1180. The van der Waals surface area contributed by atoms with Crippen LogP contribution in [0.4, 0.5) is 0 Å². The first-order valence-corrected chi connectivity index (χ1v) is 12.7. The van der Waals surface area contributed by atoms with E-state index >= 15 is 0 Å². The van der Waals surface area contributed by atoms with Crippen LogP contribution in [0.5, 0.6) is 5.75 Å². The fourth-order valence-electron chi connectivity index (χ4n) is 5.83. The number of fused-ring (bicyclic) bond motifs is 1. The minimum Gasteiger partial charge on any atom is -0.496 e. The van der Waals surface area contributed by atoms with Crippen LogP contribution in [0, 0.1) is 11.3 Å². The Hall–Kier alpha value is -3.16. The predicted octanol–water partition coefficient (Wildman–Crippen LogP) is 3.39. The molecule has 8 nitrogen and oxygen atoms in total. The SMILES string of the molecule is CCC(=O)C(CC1CCCC1=O)NC(=O)C1CC2(CC2)CN1C(=O)c1cc2c(OC)cccc2[nH]1. The summed E-state index contributed by atoms with van der Waals surface area (Å²) in [6, 6.07) is 6.04. The second kappa shape index (κ2) is 9.13. The number of Topliss-reactive ketones (excluding diaryl/α,β-unsaturated/α-hetero) is 2. The maximum absolute atomic E-state index is 13.6. The molecule has 1 aliphatic heterocycles. The molecule has 2 aromatic rings. The number of carbonyl (C=O) groups is 4. The van der Waals surface area contributed by atoms with Gasteiger partial charge in [0.25, 0.3) is 5.91 Å². The summed E-state index contributed by atoms with van der Waals surface area (Å²) >= 11 is 0. The molecule has 2 saturated carbocycles. The van der Waals surface area contributed by atoms with E-state index in [1.807, 2.05) is 18.2 Å². The van der Waals surface area contributed by atoms with Gasteiger partial charge in [-0.2, -0.15) is 0 Å². The van der Waals surface area contributed by atoms with Gasteiger partial charge in [0.15, 0.2) is 5.78 Å². The number of aromatic amines is 1. The minimum atomic E-state index is -0.690. The van der Waals surface area contributed by atoms with Gasteiger partial charge < -0.3 is 19.9 Å². The number of rotatable bonds is 8. The summed E-state index contributed by atoms with van der Waals surface area (Å²) in [5.74, 6) is 0.0853. The molecule has 186 valence electrons. The number of ether oxygens (including phenoxy) is 1. The van der Waals surface area contributed by atoms with Crippen molar-refractivity contribution in [3.05, 3.63) is 30.0 Å². The first-order valence-electron chi connectivity index (χ1n) is 12.7. The van der Waals surface area contributed by atoms with E-state index in [4.69, 9.17) is 4.74 Å². The smallest absolute Gasteiger partial charge is 0.271 e. The molecule has 3 aliphatic rings. The second-order valence-corrected chi connectivity index (χ2v) is 10.4. The third-order valence-corrected chi connectivity index (χ3v) is 8.11. The first kappa shape index (κ1) is 23.6. The van der Waals surface area contributed by atoms with Gasteiger partial charge in [-0.05, 0) is 62.1 Å². The molecule has 3 atom stereocenters. The number of amides is 2. The first-order chi connectivity index (χ1) is 16.8. The Labute approximate surface area is 204 Å². The summed E-state index contributed by atoms with van der Waals surface area (Å²) in [4.78, 5) is 56.8. The van der Waals surface area contributed by atoms with Gasteiger partial charge in [0.05, 0.1) is 13.2 Å². The molecule has 5 rings (SSSR count). The van der Waals surface area contributed by atoms with Crippen molar-refractivity contribution in [2.75, 3.05) is 13.7 Å². The number of hydrogen-bond acceptors (Lipinski definition) is 5. The zero-order chi connectivity index (χ0) is 24.7. The molecule has 2 heterocycles. The average Bonchev–Trinajstić information content (AvgIpc) is 3.16. The van der Waals surface area contributed by atoms with E-state index in [-0.39, 0.29) is 34.7 Å². The predicted molar refractivity (Wildman–Crippen MR) is 130 cm³/mol. The molecule has 8 heteroatoms. The third kappa shape index (κ3) is 4.46. The molecule has 2 amide bonds. The molecule has 2 N–H and O–H groups in total. The summed E-state index contributed by atoms with van der Waals surface area (Å²) in [6.07, 6.45) is 5.39. The Morgan fingerprint density at radius 2 is 2.09 bits per heavy atom. The van der Waals surface area contributed by atoms with Crippen LogP contribution in [0.1, 0.15) is 68.8 Å². The largest absolute Gasteiger partial charge is 0.496 e. The summed E-state index contributed by atoms with van der Waals surface area (Å²) in [5.41, 5.74) is 1.20. The van der Waals surface area contributed by atoms with E-state index in [1.165, 1.54) is 0 Å². The number of H-pyrrole nitrogens is 1. The summed E-state index contributed by atoms with van der Waals surface area (Å²) < 4.78 is 5.42. The number of benzene rings is 1. The molecule has 35 heavy (non-hydrogen) atoms. The van der Waals surface area contributed by atoms with Crippen molar-refractivity contribution in [1.82, 2.24) is 15.2 Å². The molecule has 2 aliphatic carbocycles. The van der Waals surface area contributed by atoms with E-state index in [0.29, 0.717) is 43.7 Å². The molecule has 1 saturated heterocycles.